The van der Waals surface area contributed by atoms with Crippen molar-refractivity contribution >= 4 is 11.5 Å². The van der Waals surface area contributed by atoms with E-state index in [0.29, 0.717) is 6.54 Å². The van der Waals surface area contributed by atoms with Crippen LogP contribution in [0.15, 0.2) is 18.2 Å². The molecule has 0 atom stereocenters. The number of aliphatic hydroxyl groups is 1. The molecular weight excluding hydrogens is 202 g/mol. The molecule has 0 unspecified atom stereocenters. The van der Waals surface area contributed by atoms with Crippen molar-refractivity contribution < 1.29 is 5.11 Å². The number of nitrogens with two attached hydrogens (primary N) is 1. The van der Waals surface area contributed by atoms with Crippen LogP contribution in [0, 0.1) is 12.3 Å². The summed E-state index contributed by atoms with van der Waals surface area (Å²) in [5, 5.41) is 16.3. The van der Waals surface area contributed by atoms with E-state index < -0.39 is 0 Å². The molecule has 0 bridgehead atoms. The number of anilines is 1. The first-order chi connectivity index (χ1) is 7.60. The van der Waals surface area contributed by atoms with Crippen molar-refractivity contribution in [1.82, 2.24) is 0 Å². The summed E-state index contributed by atoms with van der Waals surface area (Å²) < 4.78 is 0. The molecule has 0 fully saturated rings. The fourth-order valence-electron chi connectivity index (χ4n) is 1.74. The van der Waals surface area contributed by atoms with E-state index in [9.17, 15) is 0 Å². The van der Waals surface area contributed by atoms with Gasteiger partial charge in [-0.1, -0.05) is 0 Å². The molecule has 0 amide bonds. The fourth-order valence-corrected chi connectivity index (χ4v) is 1.74. The van der Waals surface area contributed by atoms with Gasteiger partial charge in [0.05, 0.1) is 6.61 Å². The fraction of sp³-hybridized carbons (Fsp3) is 0.417. The van der Waals surface area contributed by atoms with Gasteiger partial charge in [-0.2, -0.15) is 0 Å². The third-order valence-electron chi connectivity index (χ3n) is 2.62. The number of nitrogens with zero attached hydrogens (tertiary/aromatic N) is 1. The molecule has 4 N–H and O–H groups in total. The molecule has 0 saturated heterocycles. The lowest BCUT2D eigenvalue weighted by Gasteiger charge is -2.23. The second-order valence-corrected chi connectivity index (χ2v) is 3.72. The average molecular weight is 221 g/mol. The molecule has 16 heavy (non-hydrogen) atoms. The number of hydrogen-bond donors (Lipinski definition) is 3. The largest absolute Gasteiger partial charge is 0.395 e. The second kappa shape index (κ2) is 5.51. The number of amidine groups is 1. The molecule has 0 spiro atoms. The highest BCUT2D eigenvalue weighted by Gasteiger charge is 2.07. The van der Waals surface area contributed by atoms with Crippen LogP contribution in [0.25, 0.3) is 0 Å². The number of rotatable bonds is 5. The van der Waals surface area contributed by atoms with Crippen molar-refractivity contribution in [2.75, 3.05) is 24.6 Å². The summed E-state index contributed by atoms with van der Waals surface area (Å²) in [6.07, 6.45) is 0. The number of aliphatic hydroxyl groups excluding tert-OH is 1. The monoisotopic (exact) mass is 221 g/mol. The van der Waals surface area contributed by atoms with Gasteiger partial charge in [0, 0.05) is 24.3 Å². The van der Waals surface area contributed by atoms with Crippen molar-refractivity contribution in [2.24, 2.45) is 5.73 Å². The molecule has 1 rings (SSSR count). The molecule has 88 valence electrons. The lowest BCUT2D eigenvalue weighted by molar-refractivity contribution is 0.302. The first kappa shape index (κ1) is 12.5. The lowest BCUT2D eigenvalue weighted by Crippen LogP contribution is -2.26. The van der Waals surface area contributed by atoms with Gasteiger partial charge < -0.3 is 15.7 Å². The van der Waals surface area contributed by atoms with Crippen LogP contribution in [0.4, 0.5) is 5.69 Å². The van der Waals surface area contributed by atoms with Crippen molar-refractivity contribution in [1.29, 1.82) is 5.41 Å². The molecule has 0 saturated carbocycles. The van der Waals surface area contributed by atoms with Crippen LogP contribution in [0.1, 0.15) is 18.1 Å². The smallest absolute Gasteiger partial charge is 0.123 e. The Morgan fingerprint density at radius 1 is 1.50 bits per heavy atom. The van der Waals surface area contributed by atoms with Crippen molar-refractivity contribution in [2.45, 2.75) is 13.8 Å². The quantitative estimate of drug-likeness (QED) is 0.515. The van der Waals surface area contributed by atoms with Gasteiger partial charge in [0.1, 0.15) is 5.84 Å². The van der Waals surface area contributed by atoms with E-state index >= 15 is 0 Å². The van der Waals surface area contributed by atoms with Gasteiger partial charge in [0.15, 0.2) is 0 Å². The highest BCUT2D eigenvalue weighted by atomic mass is 16.3. The van der Waals surface area contributed by atoms with E-state index in [1.807, 2.05) is 32.0 Å². The first-order valence-corrected chi connectivity index (χ1v) is 5.41. The molecule has 0 heterocycles. The molecule has 0 aromatic heterocycles. The third-order valence-corrected chi connectivity index (χ3v) is 2.62. The Hall–Kier alpha value is -1.55. The third kappa shape index (κ3) is 2.73. The number of aryl methyl sites for hydroxylation is 1. The van der Waals surface area contributed by atoms with Crippen LogP contribution >= 0.6 is 0 Å². The van der Waals surface area contributed by atoms with Crippen LogP contribution in [-0.4, -0.2) is 30.6 Å². The average Bonchev–Trinajstić information content (AvgIpc) is 2.25. The molecule has 1 aromatic carbocycles. The van der Waals surface area contributed by atoms with Crippen molar-refractivity contribution in [3.63, 3.8) is 0 Å². The Morgan fingerprint density at radius 3 is 2.62 bits per heavy atom. The maximum Gasteiger partial charge on any atom is 0.123 e. The van der Waals surface area contributed by atoms with Crippen LogP contribution in [0.3, 0.4) is 0 Å². The highest BCUT2D eigenvalue weighted by Crippen LogP contribution is 2.18. The summed E-state index contributed by atoms with van der Waals surface area (Å²) >= 11 is 0. The van der Waals surface area contributed by atoms with Gasteiger partial charge in [-0.05, 0) is 37.6 Å². The normalized spacial score (nSPS) is 10.2. The van der Waals surface area contributed by atoms with Crippen molar-refractivity contribution in [3.8, 4) is 0 Å². The Bertz CT molecular complexity index is 377. The number of nitrogen functional groups attached to an aromatic ring is 1. The molecule has 0 radical (unpaired) electrons. The van der Waals surface area contributed by atoms with Crippen LogP contribution in [0.2, 0.25) is 0 Å². The molecule has 0 aliphatic rings. The molecule has 1 aromatic rings. The number of hydrogen-bond acceptors (Lipinski definition) is 3. The molecule has 4 nitrogen and oxygen atoms in total. The highest BCUT2D eigenvalue weighted by molar-refractivity contribution is 5.96. The topological polar surface area (TPSA) is 73.3 Å². The number of likely N-dealkylation sites (N-methyl/N-ethyl adjacent to an activating group) is 1. The Balaban J connectivity index is 2.99. The summed E-state index contributed by atoms with van der Waals surface area (Å²) in [5.74, 6) is 0.0919. The van der Waals surface area contributed by atoms with Gasteiger partial charge in [-0.15, -0.1) is 0 Å². The minimum atomic E-state index is 0.0919. The summed E-state index contributed by atoms with van der Waals surface area (Å²) in [7, 11) is 0. The zero-order chi connectivity index (χ0) is 12.1. The van der Waals surface area contributed by atoms with E-state index in [2.05, 4.69) is 4.90 Å². The van der Waals surface area contributed by atoms with E-state index in [-0.39, 0.29) is 12.4 Å². The molecule has 0 aliphatic heterocycles. The van der Waals surface area contributed by atoms with E-state index in [1.54, 1.807) is 0 Å². The van der Waals surface area contributed by atoms with Crippen LogP contribution < -0.4 is 10.6 Å². The predicted octanol–water partition coefficient (Wildman–Crippen LogP) is 1.10. The predicted molar refractivity (Wildman–Crippen MR) is 67.2 cm³/mol. The SMILES string of the molecule is CCN(CCO)c1ccc(C(=N)N)c(C)c1. The summed E-state index contributed by atoms with van der Waals surface area (Å²) in [6, 6.07) is 5.78. The number of nitrogens with one attached hydrogen (secondary N) is 1. The Labute approximate surface area is 96.2 Å². The summed E-state index contributed by atoms with van der Waals surface area (Å²) in [4.78, 5) is 2.08. The Kier molecular flexibility index (Phi) is 4.31. The molecule has 4 heteroatoms. The van der Waals surface area contributed by atoms with Gasteiger partial charge in [0.2, 0.25) is 0 Å². The zero-order valence-corrected chi connectivity index (χ0v) is 9.83. The molecular formula is C12H19N3O. The van der Waals surface area contributed by atoms with Gasteiger partial charge in [-0.25, -0.2) is 0 Å². The lowest BCUT2D eigenvalue weighted by atomic mass is 10.1. The minimum absolute atomic E-state index is 0.0919. The van der Waals surface area contributed by atoms with Gasteiger partial charge >= 0.3 is 0 Å². The second-order valence-electron chi connectivity index (χ2n) is 3.72. The first-order valence-electron chi connectivity index (χ1n) is 5.41. The maximum absolute atomic E-state index is 8.95. The van der Waals surface area contributed by atoms with Gasteiger partial charge in [0.25, 0.3) is 0 Å². The number of benzene rings is 1. The van der Waals surface area contributed by atoms with E-state index in [1.165, 1.54) is 0 Å². The van der Waals surface area contributed by atoms with E-state index in [0.717, 1.165) is 23.4 Å². The molecule has 0 aliphatic carbocycles. The standard InChI is InChI=1S/C12H19N3O/c1-3-15(6-7-16)10-4-5-11(12(13)14)9(2)8-10/h4-5,8,16H,3,6-7H2,1-2H3,(H3,13,14). The maximum atomic E-state index is 8.95. The van der Waals surface area contributed by atoms with Crippen LogP contribution in [0.5, 0.6) is 0 Å². The van der Waals surface area contributed by atoms with Gasteiger partial charge in [-0.3, -0.25) is 5.41 Å². The van der Waals surface area contributed by atoms with E-state index in [4.69, 9.17) is 16.2 Å². The summed E-state index contributed by atoms with van der Waals surface area (Å²) in [6.45, 7) is 5.59. The zero-order valence-electron chi connectivity index (χ0n) is 9.83. The summed E-state index contributed by atoms with van der Waals surface area (Å²) in [5.41, 5.74) is 8.27. The van der Waals surface area contributed by atoms with Crippen LogP contribution in [-0.2, 0) is 0 Å². The Morgan fingerprint density at radius 2 is 2.19 bits per heavy atom. The van der Waals surface area contributed by atoms with Crippen molar-refractivity contribution in [3.05, 3.63) is 29.3 Å². The minimum Gasteiger partial charge on any atom is -0.395 e.